The number of hydrogen-bond acceptors (Lipinski definition) is 4. The smallest absolute Gasteiger partial charge is 0.223 e. The van der Waals surface area contributed by atoms with Crippen molar-refractivity contribution in [2.75, 3.05) is 11.1 Å². The molecule has 0 atom stereocenters. The fraction of sp³-hybridized carbons (Fsp3) is 0. The Kier molecular flexibility index (Phi) is 3.89. The maximum absolute atomic E-state index is 13.1. The second kappa shape index (κ2) is 5.26. The monoisotopic (exact) mass is 350 g/mol. The topological polar surface area (TPSA) is 63.8 Å². The van der Waals surface area contributed by atoms with E-state index in [0.29, 0.717) is 16.0 Å². The molecule has 0 bridgehead atoms. The summed E-state index contributed by atoms with van der Waals surface area (Å²) in [6, 6.07) is 3.94. The highest BCUT2D eigenvalue weighted by molar-refractivity contribution is 9.10. The van der Waals surface area contributed by atoms with Crippen LogP contribution in [0.4, 0.5) is 21.8 Å². The van der Waals surface area contributed by atoms with Gasteiger partial charge in [0, 0.05) is 10.5 Å². The second-order valence-corrected chi connectivity index (χ2v) is 4.95. The van der Waals surface area contributed by atoms with Crippen molar-refractivity contribution in [3.05, 3.63) is 38.7 Å². The number of benzene rings is 1. The molecule has 0 spiro atoms. The summed E-state index contributed by atoms with van der Waals surface area (Å²) in [5, 5.41) is 3.29. The summed E-state index contributed by atoms with van der Waals surface area (Å²) in [5.74, 6) is -0.0567. The fourth-order valence-electron chi connectivity index (χ4n) is 1.29. The van der Waals surface area contributed by atoms with Crippen LogP contribution in [0, 0.1) is 5.82 Å². The summed E-state index contributed by atoms with van der Waals surface area (Å²) in [6.45, 7) is 0. The van der Waals surface area contributed by atoms with Crippen LogP contribution in [0.3, 0.4) is 0 Å². The Morgan fingerprint density at radius 1 is 1.22 bits per heavy atom. The third-order valence-electron chi connectivity index (χ3n) is 1.97. The van der Waals surface area contributed by atoms with Crippen molar-refractivity contribution in [1.29, 1.82) is 0 Å². The van der Waals surface area contributed by atoms with Crippen LogP contribution in [-0.4, -0.2) is 9.97 Å². The zero-order valence-corrected chi connectivity index (χ0v) is 11.8. The van der Waals surface area contributed by atoms with Crippen LogP contribution in [0.15, 0.2) is 22.7 Å². The molecule has 0 radical (unpaired) electrons. The van der Waals surface area contributed by atoms with Gasteiger partial charge in [-0.05, 0) is 28.1 Å². The van der Waals surface area contributed by atoms with Crippen molar-refractivity contribution >= 4 is 56.6 Å². The van der Waals surface area contributed by atoms with Gasteiger partial charge in [-0.15, -0.1) is 0 Å². The van der Waals surface area contributed by atoms with E-state index in [2.05, 4.69) is 31.2 Å². The Bertz CT molecular complexity index is 565. The van der Waals surface area contributed by atoms with E-state index in [9.17, 15) is 4.39 Å². The van der Waals surface area contributed by atoms with Gasteiger partial charge in [-0.3, -0.25) is 0 Å². The molecular formula is C10H6BrCl2FN4. The van der Waals surface area contributed by atoms with E-state index in [1.807, 2.05) is 0 Å². The van der Waals surface area contributed by atoms with Crippen molar-refractivity contribution in [3.8, 4) is 0 Å². The average Bonchev–Trinajstić information content (AvgIpc) is 2.22. The quantitative estimate of drug-likeness (QED) is 0.802. The van der Waals surface area contributed by atoms with Crippen molar-refractivity contribution in [1.82, 2.24) is 9.97 Å². The lowest BCUT2D eigenvalue weighted by atomic mass is 10.3. The van der Waals surface area contributed by atoms with E-state index < -0.39 is 5.82 Å². The molecule has 0 amide bonds. The highest BCUT2D eigenvalue weighted by Gasteiger charge is 2.10. The highest BCUT2D eigenvalue weighted by atomic mass is 79.9. The number of nitrogens with two attached hydrogens (primary N) is 1. The van der Waals surface area contributed by atoms with E-state index in [1.165, 1.54) is 18.2 Å². The van der Waals surface area contributed by atoms with Gasteiger partial charge in [0.15, 0.2) is 0 Å². The van der Waals surface area contributed by atoms with Crippen molar-refractivity contribution < 1.29 is 4.39 Å². The number of nitrogen functional groups attached to an aromatic ring is 1. The van der Waals surface area contributed by atoms with Gasteiger partial charge in [0.25, 0.3) is 0 Å². The highest BCUT2D eigenvalue weighted by Crippen LogP contribution is 2.33. The van der Waals surface area contributed by atoms with Crippen LogP contribution in [0.2, 0.25) is 10.2 Å². The molecule has 0 aliphatic carbocycles. The summed E-state index contributed by atoms with van der Waals surface area (Å²) in [7, 11) is 0. The molecule has 0 saturated heterocycles. The van der Waals surface area contributed by atoms with Gasteiger partial charge in [-0.1, -0.05) is 23.2 Å². The molecule has 0 fully saturated rings. The fourth-order valence-corrected chi connectivity index (χ4v) is 2.38. The van der Waals surface area contributed by atoms with E-state index >= 15 is 0 Å². The maximum atomic E-state index is 13.1. The number of nitrogens with zero attached hydrogens (tertiary/aromatic N) is 2. The van der Waals surface area contributed by atoms with E-state index in [1.54, 1.807) is 0 Å². The third-order valence-corrected chi connectivity index (χ3v) is 3.09. The second-order valence-electron chi connectivity index (χ2n) is 3.30. The molecule has 94 valence electrons. The molecule has 4 nitrogen and oxygen atoms in total. The number of aromatic nitrogens is 2. The summed E-state index contributed by atoms with van der Waals surface area (Å²) in [4.78, 5) is 7.65. The number of hydrogen-bond donors (Lipinski definition) is 2. The zero-order chi connectivity index (χ0) is 13.3. The average molecular weight is 352 g/mol. The lowest BCUT2D eigenvalue weighted by Crippen LogP contribution is -2.01. The van der Waals surface area contributed by atoms with Crippen molar-refractivity contribution in [2.45, 2.75) is 0 Å². The first-order valence-electron chi connectivity index (χ1n) is 4.67. The molecule has 1 aromatic heterocycles. The van der Waals surface area contributed by atoms with Gasteiger partial charge in [-0.2, -0.15) is 4.98 Å². The number of rotatable bonds is 2. The molecule has 0 aliphatic rings. The molecule has 3 N–H and O–H groups in total. The Morgan fingerprint density at radius 2 is 1.94 bits per heavy atom. The number of anilines is 3. The molecular weight excluding hydrogens is 346 g/mol. The third kappa shape index (κ3) is 3.01. The first kappa shape index (κ1) is 13.3. The lowest BCUT2D eigenvalue weighted by molar-refractivity contribution is 0.627. The van der Waals surface area contributed by atoms with Gasteiger partial charge >= 0.3 is 0 Å². The molecule has 0 saturated carbocycles. The Hall–Kier alpha value is -1.11. The maximum Gasteiger partial charge on any atom is 0.223 e. The first-order valence-corrected chi connectivity index (χ1v) is 6.22. The molecule has 0 unspecified atom stereocenters. The minimum absolute atomic E-state index is 0.0272. The number of halogens is 4. The largest absolute Gasteiger partial charge is 0.368 e. The Labute approximate surface area is 120 Å². The van der Waals surface area contributed by atoms with Crippen LogP contribution < -0.4 is 11.1 Å². The van der Waals surface area contributed by atoms with E-state index in [0.717, 1.165) is 0 Å². The minimum Gasteiger partial charge on any atom is -0.368 e. The predicted molar refractivity (Wildman–Crippen MR) is 73.8 cm³/mol. The Morgan fingerprint density at radius 3 is 2.56 bits per heavy atom. The van der Waals surface area contributed by atoms with Crippen LogP contribution in [0.5, 0.6) is 0 Å². The van der Waals surface area contributed by atoms with Gasteiger partial charge < -0.3 is 11.1 Å². The summed E-state index contributed by atoms with van der Waals surface area (Å²) >= 11 is 14.9. The van der Waals surface area contributed by atoms with Crippen molar-refractivity contribution in [2.24, 2.45) is 0 Å². The van der Waals surface area contributed by atoms with Crippen LogP contribution in [0.1, 0.15) is 0 Å². The minimum atomic E-state index is -0.447. The summed E-state index contributed by atoms with van der Waals surface area (Å²) in [6.07, 6.45) is 0. The zero-order valence-electron chi connectivity index (χ0n) is 8.72. The SMILES string of the molecule is Nc1nc(Cl)cc(Nc2c(Cl)cc(F)cc2Br)n1. The van der Waals surface area contributed by atoms with Gasteiger partial charge in [-0.25, -0.2) is 9.37 Å². The molecule has 2 rings (SSSR count). The van der Waals surface area contributed by atoms with Gasteiger partial charge in [0.2, 0.25) is 5.95 Å². The number of nitrogens with one attached hydrogen (secondary N) is 1. The van der Waals surface area contributed by atoms with Gasteiger partial charge in [0.1, 0.15) is 16.8 Å². The molecule has 1 aromatic carbocycles. The van der Waals surface area contributed by atoms with Crippen molar-refractivity contribution in [3.63, 3.8) is 0 Å². The summed E-state index contributed by atoms with van der Waals surface area (Å²) < 4.78 is 13.5. The van der Waals surface area contributed by atoms with Gasteiger partial charge in [0.05, 0.1) is 10.7 Å². The molecule has 2 aromatic rings. The lowest BCUT2D eigenvalue weighted by Gasteiger charge is -2.10. The van der Waals surface area contributed by atoms with Crippen LogP contribution in [-0.2, 0) is 0 Å². The van der Waals surface area contributed by atoms with Crippen LogP contribution >= 0.6 is 39.1 Å². The normalized spacial score (nSPS) is 10.4. The van der Waals surface area contributed by atoms with E-state index in [-0.39, 0.29) is 16.1 Å². The molecule has 0 aliphatic heterocycles. The van der Waals surface area contributed by atoms with Crippen LogP contribution in [0.25, 0.3) is 0 Å². The Balaban J connectivity index is 2.40. The first-order chi connectivity index (χ1) is 8.45. The van der Waals surface area contributed by atoms with E-state index in [4.69, 9.17) is 28.9 Å². The predicted octanol–water partition coefficient (Wildman–Crippen LogP) is 4.01. The standard InChI is InChI=1S/C10H6BrCl2FN4/c11-5-1-4(14)2-6(12)9(5)17-8-3-7(13)16-10(15)18-8/h1-3H,(H3,15,16,17,18). The summed E-state index contributed by atoms with van der Waals surface area (Å²) in [5.41, 5.74) is 5.93. The molecule has 18 heavy (non-hydrogen) atoms. The molecule has 1 heterocycles. The molecule has 8 heteroatoms.